The van der Waals surface area contributed by atoms with Crippen molar-refractivity contribution in [3.05, 3.63) is 11.9 Å². The van der Waals surface area contributed by atoms with E-state index in [-0.39, 0.29) is 5.91 Å². The van der Waals surface area contributed by atoms with Gasteiger partial charge in [0.1, 0.15) is 5.69 Å². The molecule has 1 saturated heterocycles. The summed E-state index contributed by atoms with van der Waals surface area (Å²) in [7, 11) is 3.58. The smallest absolute Gasteiger partial charge is 0.274 e. The van der Waals surface area contributed by atoms with Gasteiger partial charge in [-0.15, -0.1) is 0 Å². The molecule has 1 aliphatic heterocycles. The minimum Gasteiger partial charge on any atom is -0.396 e. The van der Waals surface area contributed by atoms with Gasteiger partial charge in [-0.3, -0.25) is 14.4 Å². The molecule has 2 heterocycles. The predicted octanol–water partition coefficient (Wildman–Crippen LogP) is 0.559. The second-order valence-electron chi connectivity index (χ2n) is 5.18. The summed E-state index contributed by atoms with van der Waals surface area (Å²) in [4.78, 5) is 16.6. The third-order valence-corrected chi connectivity index (χ3v) is 3.91. The summed E-state index contributed by atoms with van der Waals surface area (Å²) in [5.41, 5.74) is 6.72. The standard InChI is InChI=1S/C13H23N5O/c1-4-18-7-5-6-10(18)9-16(2)13(19)12-11(14)8-15-17(12)3/h8,10H,4-7,9,14H2,1-3H3. The number of carbonyl (C=O) groups is 1. The number of rotatable bonds is 4. The Hall–Kier alpha value is -1.56. The summed E-state index contributed by atoms with van der Waals surface area (Å²) in [6.07, 6.45) is 3.90. The fourth-order valence-electron chi connectivity index (χ4n) is 2.81. The maximum Gasteiger partial charge on any atom is 0.274 e. The number of hydrogen-bond acceptors (Lipinski definition) is 4. The predicted molar refractivity (Wildman–Crippen MR) is 74.8 cm³/mol. The highest BCUT2D eigenvalue weighted by Crippen LogP contribution is 2.19. The van der Waals surface area contributed by atoms with Crippen molar-refractivity contribution in [2.45, 2.75) is 25.8 Å². The highest BCUT2D eigenvalue weighted by Gasteiger charge is 2.27. The number of anilines is 1. The first-order chi connectivity index (χ1) is 9.04. The molecule has 2 rings (SSSR count). The maximum absolute atomic E-state index is 12.4. The number of likely N-dealkylation sites (tertiary alicyclic amines) is 1. The van der Waals surface area contributed by atoms with Crippen LogP contribution in [0.3, 0.4) is 0 Å². The lowest BCUT2D eigenvalue weighted by Crippen LogP contribution is -2.41. The van der Waals surface area contributed by atoms with Crippen molar-refractivity contribution < 1.29 is 4.79 Å². The molecule has 1 fully saturated rings. The molecule has 0 aromatic carbocycles. The van der Waals surface area contributed by atoms with Crippen molar-refractivity contribution in [1.82, 2.24) is 19.6 Å². The molecule has 19 heavy (non-hydrogen) atoms. The first kappa shape index (κ1) is 13.9. The van der Waals surface area contributed by atoms with Gasteiger partial charge in [0.25, 0.3) is 5.91 Å². The van der Waals surface area contributed by atoms with Gasteiger partial charge in [0.2, 0.25) is 0 Å². The van der Waals surface area contributed by atoms with Gasteiger partial charge in [-0.1, -0.05) is 6.92 Å². The summed E-state index contributed by atoms with van der Waals surface area (Å²) in [6.45, 7) is 5.09. The quantitative estimate of drug-likeness (QED) is 0.863. The van der Waals surface area contributed by atoms with Gasteiger partial charge in [0.15, 0.2) is 0 Å². The van der Waals surface area contributed by atoms with Crippen molar-refractivity contribution in [3.8, 4) is 0 Å². The van der Waals surface area contributed by atoms with Crippen molar-refractivity contribution in [2.24, 2.45) is 7.05 Å². The Morgan fingerprint density at radius 3 is 2.95 bits per heavy atom. The molecule has 1 aromatic rings. The van der Waals surface area contributed by atoms with Crippen molar-refractivity contribution in [2.75, 3.05) is 32.4 Å². The fourth-order valence-corrected chi connectivity index (χ4v) is 2.81. The van der Waals surface area contributed by atoms with Crippen LogP contribution in [0.5, 0.6) is 0 Å². The number of likely N-dealkylation sites (N-methyl/N-ethyl adjacent to an activating group) is 2. The number of amides is 1. The van der Waals surface area contributed by atoms with Crippen LogP contribution in [-0.2, 0) is 7.05 Å². The second kappa shape index (κ2) is 5.61. The molecule has 0 bridgehead atoms. The monoisotopic (exact) mass is 265 g/mol. The van der Waals surface area contributed by atoms with Gasteiger partial charge in [-0.2, -0.15) is 5.10 Å². The molecular weight excluding hydrogens is 242 g/mol. The summed E-state index contributed by atoms with van der Waals surface area (Å²) in [5, 5.41) is 4.02. The van der Waals surface area contributed by atoms with E-state index in [0.717, 1.165) is 26.1 Å². The van der Waals surface area contributed by atoms with Crippen LogP contribution in [0.1, 0.15) is 30.3 Å². The molecule has 1 aliphatic rings. The zero-order valence-corrected chi connectivity index (χ0v) is 12.0. The van der Waals surface area contributed by atoms with Crippen LogP contribution in [-0.4, -0.2) is 58.2 Å². The zero-order chi connectivity index (χ0) is 14.0. The molecule has 1 aromatic heterocycles. The van der Waals surface area contributed by atoms with Crippen molar-refractivity contribution in [1.29, 1.82) is 0 Å². The average molecular weight is 265 g/mol. The number of nitrogen functional groups attached to an aromatic ring is 1. The Bertz CT molecular complexity index is 436. The van der Waals surface area contributed by atoms with Crippen molar-refractivity contribution in [3.63, 3.8) is 0 Å². The van der Waals surface area contributed by atoms with E-state index < -0.39 is 0 Å². The van der Waals surface area contributed by atoms with E-state index in [1.54, 1.807) is 16.6 Å². The third kappa shape index (κ3) is 2.73. The average Bonchev–Trinajstić information content (AvgIpc) is 2.95. The number of aromatic nitrogens is 2. The van der Waals surface area contributed by atoms with E-state index in [1.165, 1.54) is 12.6 Å². The highest BCUT2D eigenvalue weighted by molar-refractivity contribution is 5.97. The minimum absolute atomic E-state index is 0.0551. The van der Waals surface area contributed by atoms with E-state index in [4.69, 9.17) is 5.73 Å². The highest BCUT2D eigenvalue weighted by atomic mass is 16.2. The van der Waals surface area contributed by atoms with Crippen LogP contribution in [0.15, 0.2) is 6.20 Å². The Balaban J connectivity index is 2.04. The van der Waals surface area contributed by atoms with Crippen LogP contribution >= 0.6 is 0 Å². The SMILES string of the molecule is CCN1CCCC1CN(C)C(=O)c1c(N)cnn1C. The summed E-state index contributed by atoms with van der Waals surface area (Å²) >= 11 is 0. The molecule has 6 nitrogen and oxygen atoms in total. The number of nitrogens with two attached hydrogens (primary N) is 1. The van der Waals surface area contributed by atoms with Crippen LogP contribution in [0.4, 0.5) is 5.69 Å². The largest absolute Gasteiger partial charge is 0.396 e. The van der Waals surface area contributed by atoms with Crippen LogP contribution in [0.2, 0.25) is 0 Å². The van der Waals surface area contributed by atoms with Crippen LogP contribution in [0.25, 0.3) is 0 Å². The van der Waals surface area contributed by atoms with Gasteiger partial charge >= 0.3 is 0 Å². The second-order valence-corrected chi connectivity index (χ2v) is 5.18. The topological polar surface area (TPSA) is 67.4 Å². The number of aryl methyl sites for hydroxylation is 1. The molecule has 1 amide bonds. The van der Waals surface area contributed by atoms with E-state index in [2.05, 4.69) is 16.9 Å². The van der Waals surface area contributed by atoms with Gasteiger partial charge < -0.3 is 10.6 Å². The van der Waals surface area contributed by atoms with Gasteiger partial charge in [0.05, 0.1) is 11.9 Å². The molecule has 0 aliphatic carbocycles. The molecule has 1 atom stereocenters. The Labute approximate surface area is 114 Å². The van der Waals surface area contributed by atoms with E-state index in [1.807, 2.05) is 7.05 Å². The van der Waals surface area contributed by atoms with Gasteiger partial charge in [-0.05, 0) is 25.9 Å². The Kier molecular flexibility index (Phi) is 4.09. The summed E-state index contributed by atoms with van der Waals surface area (Å²) in [6, 6.07) is 0.466. The molecule has 0 radical (unpaired) electrons. The molecule has 6 heteroatoms. The Morgan fingerprint density at radius 1 is 1.63 bits per heavy atom. The first-order valence-corrected chi connectivity index (χ1v) is 6.81. The fraction of sp³-hybridized carbons (Fsp3) is 0.692. The molecular formula is C13H23N5O. The molecule has 0 saturated carbocycles. The van der Waals surface area contributed by atoms with Crippen LogP contribution in [0, 0.1) is 0 Å². The number of carbonyl (C=O) groups excluding carboxylic acids is 1. The minimum atomic E-state index is -0.0551. The van der Waals surface area contributed by atoms with E-state index in [0.29, 0.717) is 17.4 Å². The molecule has 0 spiro atoms. The van der Waals surface area contributed by atoms with Gasteiger partial charge in [-0.25, -0.2) is 0 Å². The zero-order valence-electron chi connectivity index (χ0n) is 12.0. The van der Waals surface area contributed by atoms with E-state index >= 15 is 0 Å². The van der Waals surface area contributed by atoms with Crippen LogP contribution < -0.4 is 5.73 Å². The normalized spacial score (nSPS) is 19.8. The number of nitrogens with zero attached hydrogens (tertiary/aromatic N) is 4. The Morgan fingerprint density at radius 2 is 2.37 bits per heavy atom. The van der Waals surface area contributed by atoms with Gasteiger partial charge in [0, 0.05) is 26.7 Å². The summed E-state index contributed by atoms with van der Waals surface area (Å²) < 4.78 is 1.54. The summed E-state index contributed by atoms with van der Waals surface area (Å²) in [5.74, 6) is -0.0551. The lowest BCUT2D eigenvalue weighted by atomic mass is 10.2. The lowest BCUT2D eigenvalue weighted by molar-refractivity contribution is 0.0745. The molecule has 2 N–H and O–H groups in total. The molecule has 1 unspecified atom stereocenters. The van der Waals surface area contributed by atoms with Crippen molar-refractivity contribution >= 4 is 11.6 Å². The third-order valence-electron chi connectivity index (χ3n) is 3.91. The first-order valence-electron chi connectivity index (χ1n) is 6.81. The maximum atomic E-state index is 12.4. The van der Waals surface area contributed by atoms with E-state index in [9.17, 15) is 4.79 Å². The molecule has 106 valence electrons. The number of hydrogen-bond donors (Lipinski definition) is 1. The lowest BCUT2D eigenvalue weighted by Gasteiger charge is -2.27.